The molecule has 3 heteroatoms. The molecule has 0 spiro atoms. The molecule has 1 aliphatic heterocycles. The van der Waals surface area contributed by atoms with E-state index in [2.05, 4.69) is 67.0 Å². The lowest BCUT2D eigenvalue weighted by atomic mass is 9.93. The molecule has 0 radical (unpaired) electrons. The lowest BCUT2D eigenvalue weighted by molar-refractivity contribution is 0.0271. The van der Waals surface area contributed by atoms with Gasteiger partial charge in [0.15, 0.2) is 0 Å². The highest BCUT2D eigenvalue weighted by molar-refractivity contribution is 5.36. The molecule has 3 atom stereocenters. The van der Waals surface area contributed by atoms with Crippen molar-refractivity contribution >= 4 is 0 Å². The van der Waals surface area contributed by atoms with Gasteiger partial charge in [0.1, 0.15) is 5.75 Å². The summed E-state index contributed by atoms with van der Waals surface area (Å²) in [5.74, 6) is 0.335. The van der Waals surface area contributed by atoms with Gasteiger partial charge in [0.05, 0.1) is 6.04 Å². The minimum atomic E-state index is 0.176. The summed E-state index contributed by atoms with van der Waals surface area (Å²) in [4.78, 5) is 5.13. The van der Waals surface area contributed by atoms with E-state index in [1.165, 1.54) is 5.56 Å². The first-order valence-corrected chi connectivity index (χ1v) is 8.93. The monoisotopic (exact) mass is 324 g/mol. The molecular weight excluding hydrogens is 296 g/mol. The largest absolute Gasteiger partial charge is 0.508 e. The van der Waals surface area contributed by atoms with Gasteiger partial charge in [-0.2, -0.15) is 0 Å². The Balaban J connectivity index is 1.99. The van der Waals surface area contributed by atoms with E-state index in [0.29, 0.717) is 17.8 Å². The number of phenols is 1. The summed E-state index contributed by atoms with van der Waals surface area (Å²) < 4.78 is 0. The number of rotatable bonds is 4. The van der Waals surface area contributed by atoms with E-state index in [-0.39, 0.29) is 6.04 Å². The highest BCUT2D eigenvalue weighted by Gasteiger charge is 2.34. The summed E-state index contributed by atoms with van der Waals surface area (Å²) in [6, 6.07) is 19.5. The summed E-state index contributed by atoms with van der Waals surface area (Å²) in [5, 5.41) is 9.98. The fraction of sp³-hybridized carbons (Fsp3) is 0.429. The lowest BCUT2D eigenvalue weighted by Gasteiger charge is -2.47. The van der Waals surface area contributed by atoms with E-state index >= 15 is 0 Å². The highest BCUT2D eigenvalue weighted by Crippen LogP contribution is 2.34. The second-order valence-electron chi connectivity index (χ2n) is 6.89. The molecule has 0 aromatic heterocycles. The van der Waals surface area contributed by atoms with Gasteiger partial charge in [-0.3, -0.25) is 9.80 Å². The molecule has 3 rings (SSSR count). The van der Waals surface area contributed by atoms with Crippen LogP contribution in [0.5, 0.6) is 5.75 Å². The van der Waals surface area contributed by atoms with E-state index in [9.17, 15) is 5.11 Å². The van der Waals surface area contributed by atoms with Gasteiger partial charge in [-0.1, -0.05) is 49.4 Å². The SMILES string of the molecule is CCN1C[C@@H](C)N([C@H](c2ccccc2)c2cccc(O)c2)C[C@@H]1C. The van der Waals surface area contributed by atoms with Crippen LogP contribution in [0.2, 0.25) is 0 Å². The predicted molar refractivity (Wildman–Crippen MR) is 99.3 cm³/mol. The van der Waals surface area contributed by atoms with Gasteiger partial charge in [0, 0.05) is 25.2 Å². The number of piperazine rings is 1. The zero-order valence-electron chi connectivity index (χ0n) is 14.9. The molecule has 1 N–H and O–H groups in total. The molecule has 0 aliphatic carbocycles. The second-order valence-corrected chi connectivity index (χ2v) is 6.89. The molecule has 24 heavy (non-hydrogen) atoms. The van der Waals surface area contributed by atoms with Crippen molar-refractivity contribution in [2.75, 3.05) is 19.6 Å². The third kappa shape index (κ3) is 3.47. The van der Waals surface area contributed by atoms with Crippen LogP contribution < -0.4 is 0 Å². The average molecular weight is 324 g/mol. The Hall–Kier alpha value is -1.84. The molecule has 0 bridgehead atoms. The first-order valence-electron chi connectivity index (χ1n) is 8.93. The first-order chi connectivity index (χ1) is 11.6. The lowest BCUT2D eigenvalue weighted by Crippen LogP contribution is -2.57. The Kier molecular flexibility index (Phi) is 5.22. The molecule has 1 saturated heterocycles. The van der Waals surface area contributed by atoms with Crippen molar-refractivity contribution in [2.45, 2.75) is 38.9 Å². The van der Waals surface area contributed by atoms with Crippen LogP contribution >= 0.6 is 0 Å². The van der Waals surface area contributed by atoms with E-state index in [4.69, 9.17) is 0 Å². The summed E-state index contributed by atoms with van der Waals surface area (Å²) in [6.45, 7) is 10.1. The Labute approximate surface area is 145 Å². The number of benzene rings is 2. The minimum absolute atomic E-state index is 0.176. The number of nitrogens with zero attached hydrogens (tertiary/aromatic N) is 2. The number of hydrogen-bond donors (Lipinski definition) is 1. The van der Waals surface area contributed by atoms with Gasteiger partial charge in [-0.15, -0.1) is 0 Å². The molecule has 1 fully saturated rings. The van der Waals surface area contributed by atoms with E-state index in [1.54, 1.807) is 6.07 Å². The molecule has 3 nitrogen and oxygen atoms in total. The Bertz CT molecular complexity index is 658. The number of aromatic hydroxyl groups is 1. The minimum Gasteiger partial charge on any atom is -0.508 e. The van der Waals surface area contributed by atoms with Crippen molar-refractivity contribution < 1.29 is 5.11 Å². The van der Waals surface area contributed by atoms with Crippen LogP contribution in [0.15, 0.2) is 54.6 Å². The molecule has 0 amide bonds. The molecule has 2 aromatic carbocycles. The molecule has 1 heterocycles. The maximum absolute atomic E-state index is 9.98. The maximum Gasteiger partial charge on any atom is 0.115 e. The van der Waals surface area contributed by atoms with Crippen molar-refractivity contribution in [3.05, 3.63) is 65.7 Å². The first kappa shape index (κ1) is 17.0. The summed E-state index contributed by atoms with van der Waals surface area (Å²) in [5.41, 5.74) is 2.44. The van der Waals surface area contributed by atoms with Crippen molar-refractivity contribution in [2.24, 2.45) is 0 Å². The topological polar surface area (TPSA) is 26.7 Å². The van der Waals surface area contributed by atoms with Crippen molar-refractivity contribution in [3.63, 3.8) is 0 Å². The Morgan fingerprint density at radius 1 is 0.958 bits per heavy atom. The van der Waals surface area contributed by atoms with Crippen LogP contribution in [0.25, 0.3) is 0 Å². The fourth-order valence-corrected chi connectivity index (χ4v) is 3.93. The third-order valence-corrected chi connectivity index (χ3v) is 5.20. The van der Waals surface area contributed by atoms with Gasteiger partial charge in [0.25, 0.3) is 0 Å². The van der Waals surface area contributed by atoms with E-state index in [0.717, 1.165) is 25.2 Å². The smallest absolute Gasteiger partial charge is 0.115 e. The standard InChI is InChI=1S/C21H28N2O/c1-4-22-14-17(3)23(15-16(22)2)21(18-9-6-5-7-10-18)19-11-8-12-20(24)13-19/h5-13,16-17,21,24H,4,14-15H2,1-3H3/t16-,17+,21+/m0/s1. The zero-order valence-corrected chi connectivity index (χ0v) is 14.9. The van der Waals surface area contributed by atoms with Crippen molar-refractivity contribution in [3.8, 4) is 5.75 Å². The normalized spacial score (nSPS) is 24.0. The second kappa shape index (κ2) is 7.37. The Morgan fingerprint density at radius 2 is 1.67 bits per heavy atom. The van der Waals surface area contributed by atoms with Gasteiger partial charge in [-0.25, -0.2) is 0 Å². The van der Waals surface area contributed by atoms with Gasteiger partial charge in [-0.05, 0) is 43.7 Å². The van der Waals surface area contributed by atoms with Crippen LogP contribution in [-0.4, -0.2) is 46.6 Å². The van der Waals surface area contributed by atoms with Gasteiger partial charge in [0.2, 0.25) is 0 Å². The molecular formula is C21H28N2O. The molecule has 1 aliphatic rings. The van der Waals surface area contributed by atoms with Crippen molar-refractivity contribution in [1.29, 1.82) is 0 Å². The molecule has 0 unspecified atom stereocenters. The van der Waals surface area contributed by atoms with E-state index in [1.807, 2.05) is 12.1 Å². The molecule has 0 saturated carbocycles. The summed E-state index contributed by atoms with van der Waals surface area (Å²) in [6.07, 6.45) is 0. The van der Waals surface area contributed by atoms with Crippen LogP contribution in [-0.2, 0) is 0 Å². The third-order valence-electron chi connectivity index (χ3n) is 5.20. The molecule has 128 valence electrons. The van der Waals surface area contributed by atoms with Gasteiger partial charge >= 0.3 is 0 Å². The van der Waals surface area contributed by atoms with Crippen LogP contribution in [0.1, 0.15) is 37.9 Å². The van der Waals surface area contributed by atoms with Gasteiger partial charge < -0.3 is 5.11 Å². The number of likely N-dealkylation sites (N-methyl/N-ethyl adjacent to an activating group) is 1. The van der Waals surface area contributed by atoms with Crippen LogP contribution in [0.4, 0.5) is 0 Å². The van der Waals surface area contributed by atoms with Crippen LogP contribution in [0.3, 0.4) is 0 Å². The van der Waals surface area contributed by atoms with Crippen LogP contribution in [0, 0.1) is 0 Å². The zero-order chi connectivity index (χ0) is 17.1. The van der Waals surface area contributed by atoms with Crippen molar-refractivity contribution in [1.82, 2.24) is 9.80 Å². The summed E-state index contributed by atoms with van der Waals surface area (Å²) >= 11 is 0. The molecule has 2 aromatic rings. The number of phenolic OH excluding ortho intramolecular Hbond substituents is 1. The fourth-order valence-electron chi connectivity index (χ4n) is 3.93. The van der Waals surface area contributed by atoms with E-state index < -0.39 is 0 Å². The Morgan fingerprint density at radius 3 is 2.33 bits per heavy atom. The average Bonchev–Trinajstić information content (AvgIpc) is 2.59. The highest BCUT2D eigenvalue weighted by atomic mass is 16.3. The number of hydrogen-bond acceptors (Lipinski definition) is 3. The summed E-state index contributed by atoms with van der Waals surface area (Å²) in [7, 11) is 0. The quantitative estimate of drug-likeness (QED) is 0.924. The maximum atomic E-state index is 9.98. The predicted octanol–water partition coefficient (Wildman–Crippen LogP) is 3.90.